The Kier molecular flexibility index (Phi) is 19.5. The molecule has 0 aliphatic heterocycles. The highest BCUT2D eigenvalue weighted by Gasteiger charge is 2.22. The van der Waals surface area contributed by atoms with Gasteiger partial charge in [-0.15, -0.1) is 0 Å². The molecule has 8 heteroatoms. The summed E-state index contributed by atoms with van der Waals surface area (Å²) in [5.41, 5.74) is -0.917. The molecule has 0 aromatic heterocycles. The topological polar surface area (TPSA) is 116 Å². The van der Waals surface area contributed by atoms with Gasteiger partial charge in [0.25, 0.3) is 0 Å². The maximum Gasteiger partial charge on any atom is 0.469 e. The number of rotatable bonds is 23. The van der Waals surface area contributed by atoms with E-state index in [1.54, 1.807) is 13.8 Å². The fourth-order valence-corrected chi connectivity index (χ4v) is 4.24. The van der Waals surface area contributed by atoms with Gasteiger partial charge in [-0.2, -0.15) is 0 Å². The molecule has 7 nitrogen and oxygen atoms in total. The molecule has 4 N–H and O–H groups in total. The van der Waals surface area contributed by atoms with E-state index in [0.717, 1.165) is 19.3 Å². The Hall–Kier alpha value is -0.460. The minimum absolute atomic E-state index is 0.139. The third kappa shape index (κ3) is 26.0. The van der Waals surface area contributed by atoms with E-state index < -0.39 is 19.5 Å². The normalized spacial score (nSPS) is 13.3. The molecule has 0 saturated carbocycles. The van der Waals surface area contributed by atoms with Crippen LogP contribution in [0.4, 0.5) is 0 Å². The lowest BCUT2D eigenvalue weighted by Crippen LogP contribution is -2.39. The van der Waals surface area contributed by atoms with Gasteiger partial charge in [0, 0.05) is 6.42 Å². The smallest absolute Gasteiger partial charge is 0.390 e. The molecule has 33 heavy (non-hydrogen) atoms. The first-order chi connectivity index (χ1) is 15.5. The molecular weight excluding hydrogens is 441 g/mol. The number of amides is 1. The fourth-order valence-electron chi connectivity index (χ4n) is 3.87. The van der Waals surface area contributed by atoms with Crippen molar-refractivity contribution in [2.45, 2.75) is 148 Å². The van der Waals surface area contributed by atoms with Gasteiger partial charge in [0.15, 0.2) is 0 Å². The van der Waals surface area contributed by atoms with Gasteiger partial charge >= 0.3 is 7.82 Å². The van der Waals surface area contributed by atoms with Crippen LogP contribution < -0.4 is 5.32 Å². The van der Waals surface area contributed by atoms with Crippen LogP contribution in [0.3, 0.4) is 0 Å². The fraction of sp³-hybridized carbons (Fsp3) is 0.960. The van der Waals surface area contributed by atoms with Crippen molar-refractivity contribution in [3.63, 3.8) is 0 Å². The first-order valence-electron chi connectivity index (χ1n) is 13.3. The summed E-state index contributed by atoms with van der Waals surface area (Å²) < 4.78 is 15.5. The minimum atomic E-state index is -4.59. The van der Waals surface area contributed by atoms with E-state index in [4.69, 9.17) is 9.79 Å². The predicted octanol–water partition coefficient (Wildman–Crippen LogP) is 6.39. The Morgan fingerprint density at radius 3 is 1.67 bits per heavy atom. The van der Waals surface area contributed by atoms with Crippen LogP contribution in [0.2, 0.25) is 0 Å². The summed E-state index contributed by atoms with van der Waals surface area (Å²) in [6.07, 6.45) is 20.2. The average Bonchev–Trinajstić information content (AvgIpc) is 2.71. The third-order valence-electron chi connectivity index (χ3n) is 5.92. The molecule has 0 fully saturated rings. The average molecular weight is 494 g/mol. The SMILES string of the molecule is CCCCCCCCCCCCCCCCCC(=O)NC(CCC(C)(C)O)COP(=O)(O)O. The quantitative estimate of drug-likeness (QED) is 0.0967. The first kappa shape index (κ1) is 32.5. The van der Waals surface area contributed by atoms with Crippen LogP contribution in [0.1, 0.15) is 136 Å². The summed E-state index contributed by atoms with van der Waals surface area (Å²) in [5, 5.41) is 12.7. The zero-order chi connectivity index (χ0) is 25.0. The van der Waals surface area contributed by atoms with Gasteiger partial charge < -0.3 is 20.2 Å². The molecule has 0 radical (unpaired) electrons. The van der Waals surface area contributed by atoms with Crippen molar-refractivity contribution >= 4 is 13.7 Å². The second kappa shape index (κ2) is 19.8. The number of carbonyl (C=O) groups excluding carboxylic acids is 1. The second-order valence-corrected chi connectivity index (χ2v) is 11.3. The molecule has 0 bridgehead atoms. The maximum absolute atomic E-state index is 12.2. The summed E-state index contributed by atoms with van der Waals surface area (Å²) >= 11 is 0. The molecule has 0 aromatic carbocycles. The van der Waals surface area contributed by atoms with Crippen molar-refractivity contribution < 1.29 is 28.8 Å². The van der Waals surface area contributed by atoms with E-state index in [0.29, 0.717) is 19.3 Å². The van der Waals surface area contributed by atoms with Crippen molar-refractivity contribution in [1.29, 1.82) is 0 Å². The van der Waals surface area contributed by atoms with Crippen LogP contribution in [-0.2, 0) is 13.9 Å². The molecule has 0 saturated heterocycles. The van der Waals surface area contributed by atoms with Gasteiger partial charge in [0.2, 0.25) is 5.91 Å². The van der Waals surface area contributed by atoms with Crippen LogP contribution in [0, 0.1) is 0 Å². The summed E-state index contributed by atoms with van der Waals surface area (Å²) in [6, 6.07) is -0.534. The van der Waals surface area contributed by atoms with Crippen LogP contribution in [-0.4, -0.2) is 39.1 Å². The number of carbonyl (C=O) groups is 1. The first-order valence-corrected chi connectivity index (χ1v) is 14.8. The highest BCUT2D eigenvalue weighted by atomic mass is 31.2. The molecule has 1 unspecified atom stereocenters. The second-order valence-electron chi connectivity index (χ2n) is 10.1. The molecule has 1 atom stereocenters. The number of unbranched alkanes of at least 4 members (excludes halogenated alkanes) is 14. The Morgan fingerprint density at radius 2 is 1.27 bits per heavy atom. The highest BCUT2D eigenvalue weighted by Crippen LogP contribution is 2.36. The number of hydrogen-bond donors (Lipinski definition) is 4. The lowest BCUT2D eigenvalue weighted by Gasteiger charge is -2.23. The van der Waals surface area contributed by atoms with Gasteiger partial charge in [-0.25, -0.2) is 4.57 Å². The standard InChI is InChI=1S/C25H52NO6P/c1-4-5-6-7-8-9-10-11-12-13-14-15-16-17-18-19-24(27)26-23(20-21-25(2,3)28)22-32-33(29,30)31/h23,28H,4-22H2,1-3H3,(H,26,27)(H2,29,30,31). The van der Waals surface area contributed by atoms with Gasteiger partial charge in [0.05, 0.1) is 18.2 Å². The van der Waals surface area contributed by atoms with Crippen molar-refractivity contribution in [3.8, 4) is 0 Å². The Morgan fingerprint density at radius 1 is 0.848 bits per heavy atom. The predicted molar refractivity (Wildman–Crippen MR) is 135 cm³/mol. The number of phosphoric ester groups is 1. The van der Waals surface area contributed by atoms with Gasteiger partial charge in [-0.05, 0) is 33.1 Å². The monoisotopic (exact) mass is 493 g/mol. The molecule has 0 aliphatic rings. The van der Waals surface area contributed by atoms with E-state index in [2.05, 4.69) is 16.8 Å². The Labute approximate surface area is 202 Å². The summed E-state index contributed by atoms with van der Waals surface area (Å²) in [7, 11) is -4.59. The Balaban J connectivity index is 3.75. The van der Waals surface area contributed by atoms with Crippen LogP contribution in [0.15, 0.2) is 0 Å². The van der Waals surface area contributed by atoms with E-state index >= 15 is 0 Å². The minimum Gasteiger partial charge on any atom is -0.390 e. The zero-order valence-electron chi connectivity index (χ0n) is 21.5. The van der Waals surface area contributed by atoms with Crippen molar-refractivity contribution in [2.24, 2.45) is 0 Å². The zero-order valence-corrected chi connectivity index (χ0v) is 22.4. The summed E-state index contributed by atoms with van der Waals surface area (Å²) in [6.45, 7) is 5.30. The number of aliphatic hydroxyl groups is 1. The van der Waals surface area contributed by atoms with Crippen LogP contribution in [0.25, 0.3) is 0 Å². The molecule has 0 aliphatic carbocycles. The molecule has 1 amide bonds. The Bertz CT molecular complexity index is 518. The van der Waals surface area contributed by atoms with Crippen LogP contribution >= 0.6 is 7.82 Å². The molecular formula is C25H52NO6P. The lowest BCUT2D eigenvalue weighted by molar-refractivity contribution is -0.122. The maximum atomic E-state index is 12.2. The third-order valence-corrected chi connectivity index (χ3v) is 6.41. The highest BCUT2D eigenvalue weighted by molar-refractivity contribution is 7.46. The molecule has 0 spiro atoms. The lowest BCUT2D eigenvalue weighted by atomic mass is 9.99. The largest absolute Gasteiger partial charge is 0.469 e. The van der Waals surface area contributed by atoms with E-state index in [1.165, 1.54) is 77.0 Å². The molecule has 198 valence electrons. The van der Waals surface area contributed by atoms with Crippen molar-refractivity contribution in [3.05, 3.63) is 0 Å². The van der Waals surface area contributed by atoms with Gasteiger partial charge in [0.1, 0.15) is 0 Å². The molecule has 0 rings (SSSR count). The summed E-state index contributed by atoms with van der Waals surface area (Å²) in [5.74, 6) is -0.139. The van der Waals surface area contributed by atoms with E-state index in [1.807, 2.05) is 0 Å². The number of hydrogen-bond acceptors (Lipinski definition) is 4. The molecule has 0 heterocycles. The molecule has 0 aromatic rings. The van der Waals surface area contributed by atoms with E-state index in [-0.39, 0.29) is 12.5 Å². The summed E-state index contributed by atoms with van der Waals surface area (Å²) in [4.78, 5) is 30.0. The van der Waals surface area contributed by atoms with Gasteiger partial charge in [-0.1, -0.05) is 96.8 Å². The number of phosphoric acid groups is 1. The van der Waals surface area contributed by atoms with Crippen LogP contribution in [0.5, 0.6) is 0 Å². The van der Waals surface area contributed by atoms with Crippen molar-refractivity contribution in [2.75, 3.05) is 6.61 Å². The van der Waals surface area contributed by atoms with Gasteiger partial charge in [-0.3, -0.25) is 9.32 Å². The van der Waals surface area contributed by atoms with E-state index in [9.17, 15) is 14.5 Å². The number of nitrogens with one attached hydrogen (secondary N) is 1. The van der Waals surface area contributed by atoms with Crippen molar-refractivity contribution in [1.82, 2.24) is 5.32 Å².